The first-order chi connectivity index (χ1) is 19.9. The molecule has 0 aliphatic carbocycles. The molecule has 0 aliphatic heterocycles. The Balaban J connectivity index is 1.92. The van der Waals surface area contributed by atoms with Gasteiger partial charge in [0.2, 0.25) is 0 Å². The molecule has 0 radical (unpaired) electrons. The summed E-state index contributed by atoms with van der Waals surface area (Å²) >= 11 is 0. The molecule has 226 valence electrons. The van der Waals surface area contributed by atoms with Crippen LogP contribution < -0.4 is 4.74 Å². The first-order valence-electron chi connectivity index (χ1n) is 15.6. The van der Waals surface area contributed by atoms with Crippen LogP contribution >= 0.6 is 0 Å². The van der Waals surface area contributed by atoms with E-state index in [9.17, 15) is 14.7 Å². The number of hydrogen-bond acceptors (Lipinski definition) is 4. The number of hydrogen-bond donors (Lipinski definition) is 2. The minimum Gasteiger partial charge on any atom is -0.493 e. The summed E-state index contributed by atoms with van der Waals surface area (Å²) < 4.78 is 6.20. The molecule has 2 rings (SSSR count). The molecule has 0 aromatic heterocycles. The number of aliphatic carboxylic acids is 1. The average Bonchev–Trinajstić information content (AvgIpc) is 2.97. The van der Waals surface area contributed by atoms with Crippen LogP contribution in [0.3, 0.4) is 0 Å². The standard InChI is InChI=1S/C35H51NO5/c1-3-5-24-36(25-6-4-2)26-12-7-13-27-41-33-16-10-9-15-31(33)21-18-29(14-8-11-17-34(37)38)28-30-19-22-32(23-20-30)35(39)40/h9-10,15-16,18-23,29H,3-8,11-14,17,24-28H2,1-2H3,(H,37,38)(H,39,40)/b21-18+. The number of unbranched alkanes of at least 4 members (excludes halogenated alkanes) is 5. The van der Waals surface area contributed by atoms with Gasteiger partial charge in [-0.25, -0.2) is 4.79 Å². The number of para-hydroxylation sites is 1. The molecule has 0 bridgehead atoms. The van der Waals surface area contributed by atoms with Crippen molar-refractivity contribution in [3.63, 3.8) is 0 Å². The number of allylic oxidation sites excluding steroid dienone is 1. The lowest BCUT2D eigenvalue weighted by Gasteiger charge is -2.21. The minimum absolute atomic E-state index is 0.177. The lowest BCUT2D eigenvalue weighted by atomic mass is 9.92. The quantitative estimate of drug-likeness (QED) is 0.132. The predicted octanol–water partition coefficient (Wildman–Crippen LogP) is 8.35. The SMILES string of the molecule is CCCCN(CCCC)CCCCCOc1ccccc1/C=C/C(CCCCC(=O)O)Cc1ccc(C(=O)O)cc1. The second kappa shape index (κ2) is 20.7. The van der Waals surface area contributed by atoms with Gasteiger partial charge in [-0.05, 0) is 101 Å². The van der Waals surface area contributed by atoms with E-state index in [0.29, 0.717) is 13.0 Å². The van der Waals surface area contributed by atoms with Gasteiger partial charge in [-0.15, -0.1) is 0 Å². The van der Waals surface area contributed by atoms with Crippen LogP contribution in [0.2, 0.25) is 0 Å². The van der Waals surface area contributed by atoms with E-state index in [1.807, 2.05) is 30.3 Å². The Morgan fingerprint density at radius 2 is 1.51 bits per heavy atom. The van der Waals surface area contributed by atoms with Crippen molar-refractivity contribution < 1.29 is 24.5 Å². The van der Waals surface area contributed by atoms with Gasteiger partial charge in [0.15, 0.2) is 0 Å². The molecule has 0 amide bonds. The van der Waals surface area contributed by atoms with Crippen molar-refractivity contribution in [2.24, 2.45) is 5.92 Å². The van der Waals surface area contributed by atoms with Crippen LogP contribution in [0.15, 0.2) is 54.6 Å². The zero-order chi connectivity index (χ0) is 29.7. The van der Waals surface area contributed by atoms with Crippen molar-refractivity contribution in [3.05, 3.63) is 71.3 Å². The number of benzene rings is 2. The second-order valence-electron chi connectivity index (χ2n) is 11.0. The molecule has 2 aromatic rings. The van der Waals surface area contributed by atoms with Crippen LogP contribution in [-0.4, -0.2) is 53.3 Å². The first kappa shape index (κ1) is 34.1. The molecule has 0 saturated heterocycles. The smallest absolute Gasteiger partial charge is 0.335 e. The number of rotatable bonds is 23. The van der Waals surface area contributed by atoms with E-state index < -0.39 is 11.9 Å². The van der Waals surface area contributed by atoms with Crippen molar-refractivity contribution in [3.8, 4) is 5.75 Å². The van der Waals surface area contributed by atoms with Gasteiger partial charge in [0.05, 0.1) is 12.2 Å². The summed E-state index contributed by atoms with van der Waals surface area (Å²) in [5.41, 5.74) is 2.38. The molecule has 0 heterocycles. The molecule has 2 aromatic carbocycles. The zero-order valence-corrected chi connectivity index (χ0v) is 25.2. The van der Waals surface area contributed by atoms with Crippen LogP contribution in [0.25, 0.3) is 6.08 Å². The van der Waals surface area contributed by atoms with Crippen LogP contribution in [0.1, 0.15) is 106 Å². The fourth-order valence-electron chi connectivity index (χ4n) is 4.92. The maximum absolute atomic E-state index is 11.2. The van der Waals surface area contributed by atoms with Gasteiger partial charge < -0.3 is 19.8 Å². The summed E-state index contributed by atoms with van der Waals surface area (Å²) in [5, 5.41) is 18.2. The van der Waals surface area contributed by atoms with Crippen molar-refractivity contribution >= 4 is 18.0 Å². The van der Waals surface area contributed by atoms with E-state index in [1.54, 1.807) is 12.1 Å². The van der Waals surface area contributed by atoms with E-state index in [-0.39, 0.29) is 17.9 Å². The summed E-state index contributed by atoms with van der Waals surface area (Å²) in [6, 6.07) is 15.1. The monoisotopic (exact) mass is 565 g/mol. The molecular weight excluding hydrogens is 514 g/mol. The number of ether oxygens (including phenoxy) is 1. The summed E-state index contributed by atoms with van der Waals surface area (Å²) in [4.78, 5) is 24.8. The number of carbonyl (C=O) groups is 2. The van der Waals surface area contributed by atoms with Gasteiger partial charge in [0.25, 0.3) is 0 Å². The Kier molecular flexibility index (Phi) is 17.2. The maximum atomic E-state index is 11.2. The first-order valence-corrected chi connectivity index (χ1v) is 15.6. The maximum Gasteiger partial charge on any atom is 0.335 e. The summed E-state index contributed by atoms with van der Waals surface area (Å²) in [7, 11) is 0. The molecule has 1 atom stereocenters. The number of aromatic carboxylic acids is 1. The zero-order valence-electron chi connectivity index (χ0n) is 25.2. The fraction of sp³-hybridized carbons (Fsp3) is 0.543. The molecule has 0 fully saturated rings. The summed E-state index contributed by atoms with van der Waals surface area (Å²) in [6.07, 6.45) is 16.0. The van der Waals surface area contributed by atoms with E-state index in [4.69, 9.17) is 9.84 Å². The third-order valence-corrected chi connectivity index (χ3v) is 7.41. The van der Waals surface area contributed by atoms with Gasteiger partial charge in [0.1, 0.15) is 5.75 Å². The number of nitrogens with zero attached hydrogens (tertiary/aromatic N) is 1. The summed E-state index contributed by atoms with van der Waals surface area (Å²) in [6.45, 7) is 8.80. The van der Waals surface area contributed by atoms with E-state index in [2.05, 4.69) is 37.0 Å². The fourth-order valence-corrected chi connectivity index (χ4v) is 4.92. The average molecular weight is 566 g/mol. The van der Waals surface area contributed by atoms with Crippen molar-refractivity contribution in [1.29, 1.82) is 0 Å². The molecule has 1 unspecified atom stereocenters. The minimum atomic E-state index is -0.931. The lowest BCUT2D eigenvalue weighted by Crippen LogP contribution is -2.27. The van der Waals surface area contributed by atoms with Crippen molar-refractivity contribution in [1.82, 2.24) is 4.90 Å². The van der Waals surface area contributed by atoms with Crippen LogP contribution in [0.5, 0.6) is 5.75 Å². The van der Waals surface area contributed by atoms with E-state index in [0.717, 1.165) is 49.0 Å². The highest BCUT2D eigenvalue weighted by Gasteiger charge is 2.10. The van der Waals surface area contributed by atoms with Crippen LogP contribution in [-0.2, 0) is 11.2 Å². The Morgan fingerprint density at radius 1 is 0.829 bits per heavy atom. The largest absolute Gasteiger partial charge is 0.493 e. The highest BCUT2D eigenvalue weighted by molar-refractivity contribution is 5.87. The molecule has 0 aliphatic rings. The Hall–Kier alpha value is -3.12. The third-order valence-electron chi connectivity index (χ3n) is 7.41. The Morgan fingerprint density at radius 3 is 2.17 bits per heavy atom. The molecular formula is C35H51NO5. The normalized spacial score (nSPS) is 12.2. The third kappa shape index (κ3) is 14.9. The van der Waals surface area contributed by atoms with Crippen LogP contribution in [0.4, 0.5) is 0 Å². The van der Waals surface area contributed by atoms with Gasteiger partial charge in [0, 0.05) is 12.0 Å². The Labute approximate surface area is 247 Å². The lowest BCUT2D eigenvalue weighted by molar-refractivity contribution is -0.137. The van der Waals surface area contributed by atoms with Crippen LogP contribution in [0, 0.1) is 5.92 Å². The van der Waals surface area contributed by atoms with Gasteiger partial charge in [-0.2, -0.15) is 0 Å². The molecule has 41 heavy (non-hydrogen) atoms. The Bertz CT molecular complexity index is 1030. The van der Waals surface area contributed by atoms with E-state index in [1.165, 1.54) is 51.7 Å². The number of carboxylic acids is 2. The highest BCUT2D eigenvalue weighted by atomic mass is 16.5. The predicted molar refractivity (Wildman–Crippen MR) is 168 cm³/mol. The molecule has 6 nitrogen and oxygen atoms in total. The summed E-state index contributed by atoms with van der Waals surface area (Å²) in [5.74, 6) is -0.612. The topological polar surface area (TPSA) is 87.1 Å². The second-order valence-corrected chi connectivity index (χ2v) is 11.0. The molecule has 2 N–H and O–H groups in total. The van der Waals surface area contributed by atoms with Gasteiger partial charge >= 0.3 is 11.9 Å². The van der Waals surface area contributed by atoms with E-state index >= 15 is 0 Å². The van der Waals surface area contributed by atoms with Gasteiger partial charge in [-0.3, -0.25) is 4.79 Å². The molecule has 6 heteroatoms. The highest BCUT2D eigenvalue weighted by Crippen LogP contribution is 2.24. The number of carboxylic acid groups (broad SMARTS) is 2. The molecule has 0 saturated carbocycles. The van der Waals surface area contributed by atoms with Crippen molar-refractivity contribution in [2.75, 3.05) is 26.2 Å². The molecule has 0 spiro atoms. The van der Waals surface area contributed by atoms with Crippen molar-refractivity contribution in [2.45, 2.75) is 90.9 Å². The van der Waals surface area contributed by atoms with Gasteiger partial charge in [-0.1, -0.05) is 75.6 Å².